The van der Waals surface area contributed by atoms with Crippen molar-refractivity contribution in [1.29, 1.82) is 0 Å². The Bertz CT molecular complexity index is 1030. The van der Waals surface area contributed by atoms with Crippen LogP contribution in [-0.4, -0.2) is 48.5 Å². The molecule has 1 aliphatic rings. The molecule has 0 N–H and O–H groups in total. The molecule has 8 heteroatoms. The number of aromatic nitrogens is 3. The van der Waals surface area contributed by atoms with Gasteiger partial charge in [0, 0.05) is 41.9 Å². The zero-order chi connectivity index (χ0) is 19.8. The number of benzene rings is 1. The summed E-state index contributed by atoms with van der Waals surface area (Å²) >= 11 is 8.21. The van der Waals surface area contributed by atoms with E-state index in [-0.39, 0.29) is 0 Å². The molecule has 6 nitrogen and oxygen atoms in total. The predicted molar refractivity (Wildman–Crippen MR) is 114 cm³/mol. The van der Waals surface area contributed by atoms with E-state index < -0.39 is 0 Å². The van der Waals surface area contributed by atoms with Crippen molar-refractivity contribution in [3.8, 4) is 22.8 Å². The van der Waals surface area contributed by atoms with E-state index in [4.69, 9.17) is 31.0 Å². The van der Waals surface area contributed by atoms with Crippen molar-refractivity contribution in [1.82, 2.24) is 15.0 Å². The number of hydrogen-bond donors (Lipinski definition) is 0. The molecule has 4 rings (SSSR count). The second-order valence-electron chi connectivity index (χ2n) is 6.56. The third-order valence-corrected chi connectivity index (χ3v) is 5.94. The fraction of sp³-hybridized carbons (Fsp3) is 0.350. The third-order valence-electron chi connectivity index (χ3n) is 5.00. The molecular formula is C20H21ClN4O2S. The summed E-state index contributed by atoms with van der Waals surface area (Å²) in [7, 11) is 3.23. The first-order chi connectivity index (χ1) is 13.6. The zero-order valence-electron chi connectivity index (χ0n) is 16.2. The van der Waals surface area contributed by atoms with E-state index in [1.54, 1.807) is 20.3 Å². The van der Waals surface area contributed by atoms with Gasteiger partial charge in [0.1, 0.15) is 17.0 Å². The lowest BCUT2D eigenvalue weighted by Crippen LogP contribution is -2.38. The van der Waals surface area contributed by atoms with Gasteiger partial charge in [0.2, 0.25) is 0 Å². The summed E-state index contributed by atoms with van der Waals surface area (Å²) in [6.07, 6.45) is 4.97. The number of ether oxygens (including phenoxy) is 2. The van der Waals surface area contributed by atoms with Gasteiger partial charge in [0.25, 0.3) is 0 Å². The van der Waals surface area contributed by atoms with Gasteiger partial charge in [-0.25, -0.2) is 15.0 Å². The first kappa shape index (κ1) is 19.1. The molecule has 1 saturated heterocycles. The Labute approximate surface area is 173 Å². The normalized spacial score (nSPS) is 13.5. The average molecular weight is 417 g/mol. The minimum atomic E-state index is 0.517. The summed E-state index contributed by atoms with van der Waals surface area (Å²) < 4.78 is 11.0. The first-order valence-electron chi connectivity index (χ1n) is 8.95. The summed E-state index contributed by atoms with van der Waals surface area (Å²) in [6.45, 7) is 3.92. The molecule has 1 aromatic carbocycles. The molecular weight excluding hydrogens is 396 g/mol. The van der Waals surface area contributed by atoms with E-state index in [1.165, 1.54) is 11.8 Å². The SMILES string of the molecule is COc1cc(OC)c(Cl)c(-c2cc3cnc(SC)nc3c(N3CCC3)n2)c1C. The van der Waals surface area contributed by atoms with Crippen LogP contribution in [0.5, 0.6) is 11.5 Å². The molecule has 2 aromatic heterocycles. The second-order valence-corrected chi connectivity index (χ2v) is 7.71. The lowest BCUT2D eigenvalue weighted by molar-refractivity contribution is 0.393. The van der Waals surface area contributed by atoms with Crippen LogP contribution in [0.4, 0.5) is 5.82 Å². The lowest BCUT2D eigenvalue weighted by atomic mass is 10.0. The highest BCUT2D eigenvalue weighted by Crippen LogP contribution is 2.43. The summed E-state index contributed by atoms with van der Waals surface area (Å²) in [5.74, 6) is 2.13. The highest BCUT2D eigenvalue weighted by atomic mass is 35.5. The molecule has 3 heterocycles. The van der Waals surface area contributed by atoms with Gasteiger partial charge < -0.3 is 14.4 Å². The van der Waals surface area contributed by atoms with E-state index in [0.717, 1.165) is 58.2 Å². The maximum atomic E-state index is 6.69. The van der Waals surface area contributed by atoms with Crippen LogP contribution in [0.15, 0.2) is 23.5 Å². The number of halogens is 1. The van der Waals surface area contributed by atoms with Crippen molar-refractivity contribution in [3.05, 3.63) is 28.9 Å². The first-order valence-corrected chi connectivity index (χ1v) is 10.6. The maximum Gasteiger partial charge on any atom is 0.187 e. The Hall–Kier alpha value is -2.25. The predicted octanol–water partition coefficient (Wildman–Crippen LogP) is 4.60. The quantitative estimate of drug-likeness (QED) is 0.444. The van der Waals surface area contributed by atoms with Gasteiger partial charge in [0.05, 0.1) is 24.9 Å². The molecule has 1 fully saturated rings. The molecule has 3 aromatic rings. The van der Waals surface area contributed by atoms with Crippen LogP contribution in [0, 0.1) is 6.92 Å². The Morgan fingerprint density at radius 2 is 1.86 bits per heavy atom. The molecule has 1 aliphatic heterocycles. The zero-order valence-corrected chi connectivity index (χ0v) is 17.8. The molecule has 0 unspecified atom stereocenters. The number of nitrogens with zero attached hydrogens (tertiary/aromatic N) is 4. The van der Waals surface area contributed by atoms with Crippen molar-refractivity contribution in [2.75, 3.05) is 38.5 Å². The number of anilines is 1. The second kappa shape index (κ2) is 7.64. The van der Waals surface area contributed by atoms with Crippen molar-refractivity contribution >= 4 is 40.1 Å². The van der Waals surface area contributed by atoms with Crippen LogP contribution in [0.2, 0.25) is 5.02 Å². The van der Waals surface area contributed by atoms with Gasteiger partial charge in [-0.3, -0.25) is 0 Å². The molecule has 0 aliphatic carbocycles. The lowest BCUT2D eigenvalue weighted by Gasteiger charge is -2.33. The van der Waals surface area contributed by atoms with E-state index in [1.807, 2.05) is 25.4 Å². The fourth-order valence-corrected chi connectivity index (χ4v) is 4.06. The Morgan fingerprint density at radius 3 is 2.46 bits per heavy atom. The monoisotopic (exact) mass is 416 g/mol. The summed E-state index contributed by atoms with van der Waals surface area (Å²) in [4.78, 5) is 16.4. The maximum absolute atomic E-state index is 6.69. The number of fused-ring (bicyclic) bond motifs is 1. The Balaban J connectivity index is 2.00. The molecule has 0 atom stereocenters. The molecule has 0 amide bonds. The fourth-order valence-electron chi connectivity index (χ4n) is 3.35. The van der Waals surface area contributed by atoms with Crippen molar-refractivity contribution < 1.29 is 9.47 Å². The molecule has 146 valence electrons. The minimum Gasteiger partial charge on any atom is -0.496 e. The van der Waals surface area contributed by atoms with Gasteiger partial charge in [-0.05, 0) is 25.7 Å². The van der Waals surface area contributed by atoms with Gasteiger partial charge in [0.15, 0.2) is 11.0 Å². The number of thioether (sulfide) groups is 1. The van der Waals surface area contributed by atoms with Gasteiger partial charge >= 0.3 is 0 Å². The van der Waals surface area contributed by atoms with Crippen LogP contribution in [0.25, 0.3) is 22.2 Å². The average Bonchev–Trinajstić information content (AvgIpc) is 2.67. The number of methoxy groups -OCH3 is 2. The van der Waals surface area contributed by atoms with Crippen LogP contribution < -0.4 is 14.4 Å². The van der Waals surface area contributed by atoms with Crippen molar-refractivity contribution in [2.24, 2.45) is 0 Å². The van der Waals surface area contributed by atoms with E-state index >= 15 is 0 Å². The Morgan fingerprint density at radius 1 is 1.11 bits per heavy atom. The van der Waals surface area contributed by atoms with Crippen LogP contribution >= 0.6 is 23.4 Å². The highest BCUT2D eigenvalue weighted by molar-refractivity contribution is 7.98. The van der Waals surface area contributed by atoms with E-state index in [2.05, 4.69) is 9.88 Å². The van der Waals surface area contributed by atoms with Crippen LogP contribution in [0.3, 0.4) is 0 Å². The van der Waals surface area contributed by atoms with E-state index in [0.29, 0.717) is 16.5 Å². The van der Waals surface area contributed by atoms with Crippen molar-refractivity contribution in [2.45, 2.75) is 18.5 Å². The van der Waals surface area contributed by atoms with E-state index in [9.17, 15) is 0 Å². The molecule has 0 radical (unpaired) electrons. The van der Waals surface area contributed by atoms with Gasteiger partial charge in [-0.15, -0.1) is 0 Å². The molecule has 0 bridgehead atoms. The van der Waals surface area contributed by atoms with Crippen LogP contribution in [0.1, 0.15) is 12.0 Å². The summed E-state index contributed by atoms with van der Waals surface area (Å²) in [5.41, 5.74) is 3.34. The molecule has 0 saturated carbocycles. The molecule has 0 spiro atoms. The number of hydrogen-bond acceptors (Lipinski definition) is 7. The van der Waals surface area contributed by atoms with Crippen LogP contribution in [-0.2, 0) is 0 Å². The highest BCUT2D eigenvalue weighted by Gasteiger charge is 2.24. The summed E-state index contributed by atoms with van der Waals surface area (Å²) in [5, 5.41) is 2.19. The van der Waals surface area contributed by atoms with Crippen molar-refractivity contribution in [3.63, 3.8) is 0 Å². The standard InChI is InChI=1S/C20H21ClN4O2S/c1-11-14(26-2)9-15(27-3)17(21)16(11)13-8-12-10-22-20(28-4)24-18(12)19(23-13)25-6-5-7-25/h8-10H,5-7H2,1-4H3. The number of pyridine rings is 1. The smallest absolute Gasteiger partial charge is 0.187 e. The minimum absolute atomic E-state index is 0.517. The molecule has 28 heavy (non-hydrogen) atoms. The Kier molecular flexibility index (Phi) is 5.21. The number of rotatable bonds is 5. The summed E-state index contributed by atoms with van der Waals surface area (Å²) in [6, 6.07) is 3.78. The largest absolute Gasteiger partial charge is 0.496 e. The van der Waals surface area contributed by atoms with Gasteiger partial charge in [-0.2, -0.15) is 0 Å². The van der Waals surface area contributed by atoms with Gasteiger partial charge in [-0.1, -0.05) is 23.4 Å². The third kappa shape index (κ3) is 3.12. The topological polar surface area (TPSA) is 60.4 Å².